The van der Waals surface area contributed by atoms with E-state index in [9.17, 15) is 4.79 Å². The number of carbonyl (C=O) groups excluding carboxylic acids is 1. The van der Waals surface area contributed by atoms with Crippen LogP contribution in [0.25, 0.3) is 10.9 Å². The predicted molar refractivity (Wildman–Crippen MR) is 103 cm³/mol. The van der Waals surface area contributed by atoms with Crippen molar-refractivity contribution in [2.45, 2.75) is 65.3 Å². The molecule has 1 aromatic carbocycles. The fraction of sp³-hybridized carbons (Fsp3) is 0.500. The van der Waals surface area contributed by atoms with Crippen molar-refractivity contribution < 1.29 is 18.8 Å². The minimum Gasteiger partial charge on any atom is -0.456 e. The lowest BCUT2D eigenvalue weighted by Gasteiger charge is -2.32. The summed E-state index contributed by atoms with van der Waals surface area (Å²) >= 11 is 0. The summed E-state index contributed by atoms with van der Waals surface area (Å²) in [5.74, 6) is -0.365. The van der Waals surface area contributed by atoms with Crippen LogP contribution in [0.4, 0.5) is 0 Å². The third kappa shape index (κ3) is 3.48. The summed E-state index contributed by atoms with van der Waals surface area (Å²) in [6.45, 7) is 13.6. The number of ether oxygens (including phenoxy) is 1. The van der Waals surface area contributed by atoms with E-state index >= 15 is 0 Å². The van der Waals surface area contributed by atoms with Crippen LogP contribution in [-0.4, -0.2) is 34.9 Å². The SMILES string of the molecule is CC(C)(C)OC(=O)c1ccnc2ccc(B3OC(C)(C)C(C)(C)O3)cc12. The Balaban J connectivity index is 2.01. The number of aromatic nitrogens is 1. The van der Waals surface area contributed by atoms with E-state index in [1.807, 2.05) is 66.7 Å². The number of hydrogen-bond acceptors (Lipinski definition) is 5. The van der Waals surface area contributed by atoms with Crippen LogP contribution in [0.1, 0.15) is 58.8 Å². The Bertz CT molecular complexity index is 839. The molecule has 0 spiro atoms. The highest BCUT2D eigenvalue weighted by atomic mass is 16.7. The van der Waals surface area contributed by atoms with Gasteiger partial charge in [-0.3, -0.25) is 4.98 Å². The first-order valence-corrected chi connectivity index (χ1v) is 8.87. The molecular formula is C20H26BNO4. The lowest BCUT2D eigenvalue weighted by atomic mass is 9.78. The van der Waals surface area contributed by atoms with Crippen LogP contribution in [0.5, 0.6) is 0 Å². The Morgan fingerprint density at radius 2 is 1.69 bits per heavy atom. The second-order valence-corrected chi connectivity index (χ2v) is 8.73. The Kier molecular flexibility index (Phi) is 4.40. The van der Waals surface area contributed by atoms with Crippen LogP contribution in [0.15, 0.2) is 30.5 Å². The Morgan fingerprint density at radius 1 is 1.08 bits per heavy atom. The highest BCUT2D eigenvalue weighted by molar-refractivity contribution is 6.62. The second kappa shape index (κ2) is 6.07. The van der Waals surface area contributed by atoms with Gasteiger partial charge in [0.15, 0.2) is 0 Å². The first-order valence-electron chi connectivity index (χ1n) is 8.87. The zero-order valence-electron chi connectivity index (χ0n) is 16.5. The van der Waals surface area contributed by atoms with Crippen molar-refractivity contribution in [2.24, 2.45) is 0 Å². The molecule has 3 rings (SSSR count). The quantitative estimate of drug-likeness (QED) is 0.610. The average molecular weight is 355 g/mol. The lowest BCUT2D eigenvalue weighted by Crippen LogP contribution is -2.41. The van der Waals surface area contributed by atoms with Crippen molar-refractivity contribution in [1.82, 2.24) is 4.98 Å². The van der Waals surface area contributed by atoms with E-state index in [0.717, 1.165) is 16.4 Å². The summed E-state index contributed by atoms with van der Waals surface area (Å²) in [6, 6.07) is 7.40. The number of fused-ring (bicyclic) bond motifs is 1. The topological polar surface area (TPSA) is 57.7 Å². The zero-order valence-corrected chi connectivity index (χ0v) is 16.5. The van der Waals surface area contributed by atoms with Crippen LogP contribution >= 0.6 is 0 Å². The molecule has 1 aliphatic rings. The number of nitrogens with zero attached hydrogens (tertiary/aromatic N) is 1. The summed E-state index contributed by atoms with van der Waals surface area (Å²) < 4.78 is 17.8. The van der Waals surface area contributed by atoms with Gasteiger partial charge in [-0.25, -0.2) is 4.79 Å². The smallest absolute Gasteiger partial charge is 0.456 e. The highest BCUT2D eigenvalue weighted by Crippen LogP contribution is 2.36. The maximum absolute atomic E-state index is 12.6. The number of pyridine rings is 1. The molecule has 1 aromatic heterocycles. The molecule has 138 valence electrons. The average Bonchev–Trinajstić information content (AvgIpc) is 2.72. The van der Waals surface area contributed by atoms with Gasteiger partial charge >= 0.3 is 13.1 Å². The molecule has 0 bridgehead atoms. The van der Waals surface area contributed by atoms with Crippen molar-refractivity contribution in [1.29, 1.82) is 0 Å². The molecule has 0 N–H and O–H groups in total. The van der Waals surface area contributed by atoms with E-state index in [1.54, 1.807) is 12.3 Å². The molecule has 0 saturated carbocycles. The number of esters is 1. The van der Waals surface area contributed by atoms with E-state index in [2.05, 4.69) is 4.98 Å². The summed E-state index contributed by atoms with van der Waals surface area (Å²) in [6.07, 6.45) is 1.62. The Morgan fingerprint density at radius 3 is 2.27 bits per heavy atom. The standard InChI is InChI=1S/C20H26BNO4/c1-18(2,3)24-17(23)14-10-11-22-16-9-8-13(12-15(14)16)21-25-19(4,5)20(6,7)26-21/h8-12H,1-7H3. The molecule has 6 heteroatoms. The Labute approximate surface area is 155 Å². The van der Waals surface area contributed by atoms with Gasteiger partial charge in [0, 0.05) is 11.6 Å². The fourth-order valence-electron chi connectivity index (χ4n) is 2.80. The van der Waals surface area contributed by atoms with Crippen molar-refractivity contribution in [2.75, 3.05) is 0 Å². The maximum atomic E-state index is 12.6. The van der Waals surface area contributed by atoms with Crippen molar-refractivity contribution in [3.63, 3.8) is 0 Å². The van der Waals surface area contributed by atoms with E-state index < -0.39 is 23.9 Å². The van der Waals surface area contributed by atoms with Gasteiger partial charge in [-0.2, -0.15) is 0 Å². The number of carbonyl (C=O) groups is 1. The number of rotatable bonds is 2. The monoisotopic (exact) mass is 355 g/mol. The summed E-state index contributed by atoms with van der Waals surface area (Å²) in [7, 11) is -0.490. The molecule has 0 atom stereocenters. The van der Waals surface area contributed by atoms with E-state index in [0.29, 0.717) is 5.56 Å². The number of benzene rings is 1. The summed E-state index contributed by atoms with van der Waals surface area (Å²) in [4.78, 5) is 17.0. The first kappa shape index (κ1) is 18.9. The molecule has 26 heavy (non-hydrogen) atoms. The molecule has 1 fully saturated rings. The second-order valence-electron chi connectivity index (χ2n) is 8.73. The largest absolute Gasteiger partial charge is 0.494 e. The molecule has 1 aliphatic heterocycles. The van der Waals surface area contributed by atoms with Crippen molar-refractivity contribution in [3.8, 4) is 0 Å². The molecule has 0 aliphatic carbocycles. The van der Waals surface area contributed by atoms with E-state index in [4.69, 9.17) is 14.0 Å². The molecule has 0 amide bonds. The molecule has 1 saturated heterocycles. The third-order valence-corrected chi connectivity index (χ3v) is 4.91. The minimum absolute atomic E-state index is 0.365. The highest BCUT2D eigenvalue weighted by Gasteiger charge is 2.51. The van der Waals surface area contributed by atoms with Gasteiger partial charge in [-0.1, -0.05) is 12.1 Å². The summed E-state index contributed by atoms with van der Waals surface area (Å²) in [5, 5.41) is 0.731. The van der Waals surface area contributed by atoms with Crippen LogP contribution < -0.4 is 5.46 Å². The van der Waals surface area contributed by atoms with Gasteiger partial charge in [-0.05, 0) is 66.1 Å². The van der Waals surface area contributed by atoms with E-state index in [-0.39, 0.29) is 5.97 Å². The molecule has 2 heterocycles. The van der Waals surface area contributed by atoms with Crippen LogP contribution in [0.3, 0.4) is 0 Å². The molecule has 0 radical (unpaired) electrons. The van der Waals surface area contributed by atoms with Crippen molar-refractivity contribution in [3.05, 3.63) is 36.0 Å². The van der Waals surface area contributed by atoms with Crippen LogP contribution in [0, 0.1) is 0 Å². The molecule has 2 aromatic rings. The normalized spacial score (nSPS) is 19.0. The first-order chi connectivity index (χ1) is 11.9. The third-order valence-electron chi connectivity index (χ3n) is 4.91. The lowest BCUT2D eigenvalue weighted by molar-refractivity contribution is 0.00578. The van der Waals surface area contributed by atoms with Crippen LogP contribution in [-0.2, 0) is 14.0 Å². The predicted octanol–water partition coefficient (Wildman–Crippen LogP) is 3.49. The number of hydrogen-bond donors (Lipinski definition) is 0. The van der Waals surface area contributed by atoms with Gasteiger partial charge in [0.1, 0.15) is 5.60 Å². The fourth-order valence-corrected chi connectivity index (χ4v) is 2.80. The van der Waals surface area contributed by atoms with Gasteiger partial charge < -0.3 is 14.0 Å². The van der Waals surface area contributed by atoms with E-state index in [1.165, 1.54) is 0 Å². The minimum atomic E-state index is -0.560. The molecule has 0 unspecified atom stereocenters. The zero-order chi connectivity index (χ0) is 19.3. The van der Waals surface area contributed by atoms with Crippen molar-refractivity contribution >= 4 is 29.5 Å². The van der Waals surface area contributed by atoms with Gasteiger partial charge in [0.25, 0.3) is 0 Å². The van der Waals surface area contributed by atoms with Gasteiger partial charge in [0.2, 0.25) is 0 Å². The van der Waals surface area contributed by atoms with Gasteiger partial charge in [-0.15, -0.1) is 0 Å². The molecule has 5 nitrogen and oxygen atoms in total. The Hall–Kier alpha value is -1.92. The molecular weight excluding hydrogens is 329 g/mol. The summed E-state index contributed by atoms with van der Waals surface area (Å²) in [5.41, 5.74) is 0.673. The van der Waals surface area contributed by atoms with Gasteiger partial charge in [0.05, 0.1) is 22.3 Å². The van der Waals surface area contributed by atoms with Crippen LogP contribution in [0.2, 0.25) is 0 Å². The maximum Gasteiger partial charge on any atom is 0.494 e.